The van der Waals surface area contributed by atoms with Crippen LogP contribution >= 0.6 is 0 Å². The van der Waals surface area contributed by atoms with Gasteiger partial charge >= 0.3 is 6.03 Å². The first-order chi connectivity index (χ1) is 11.4. The minimum Gasteiger partial charge on any atom is -0.497 e. The first-order valence-electron chi connectivity index (χ1n) is 7.85. The van der Waals surface area contributed by atoms with Gasteiger partial charge in [0.1, 0.15) is 5.75 Å². The van der Waals surface area contributed by atoms with E-state index in [1.54, 1.807) is 14.0 Å². The summed E-state index contributed by atoms with van der Waals surface area (Å²) in [5, 5.41) is 15.9. The molecule has 5 nitrogen and oxygen atoms in total. The molecule has 0 saturated carbocycles. The van der Waals surface area contributed by atoms with Crippen LogP contribution in [0.1, 0.15) is 18.1 Å². The number of urea groups is 1. The van der Waals surface area contributed by atoms with E-state index in [4.69, 9.17) is 4.74 Å². The third-order valence-corrected chi connectivity index (χ3v) is 3.65. The number of ether oxygens (including phenoxy) is 1. The number of benzene rings is 2. The van der Waals surface area contributed by atoms with Crippen LogP contribution in [0.5, 0.6) is 5.75 Å². The van der Waals surface area contributed by atoms with E-state index in [9.17, 15) is 9.90 Å². The third kappa shape index (κ3) is 5.59. The zero-order chi connectivity index (χ0) is 17.6. The van der Waals surface area contributed by atoms with Gasteiger partial charge in [-0.25, -0.2) is 4.79 Å². The number of rotatable bonds is 6. The number of hydrogen-bond donors (Lipinski definition) is 3. The number of anilines is 1. The lowest BCUT2D eigenvalue weighted by Crippen LogP contribution is -2.43. The van der Waals surface area contributed by atoms with Crippen molar-refractivity contribution in [3.8, 4) is 5.75 Å². The molecular formula is C19H24N2O3. The highest BCUT2D eigenvalue weighted by atomic mass is 16.5. The third-order valence-electron chi connectivity index (χ3n) is 3.65. The number of hydrogen-bond acceptors (Lipinski definition) is 3. The lowest BCUT2D eigenvalue weighted by Gasteiger charge is -2.24. The summed E-state index contributed by atoms with van der Waals surface area (Å²) in [6.45, 7) is 3.81. The van der Waals surface area contributed by atoms with Crippen LogP contribution < -0.4 is 15.4 Å². The number of amides is 2. The normalized spacial score (nSPS) is 13.0. The van der Waals surface area contributed by atoms with E-state index in [0.717, 1.165) is 22.6 Å². The molecule has 2 aromatic rings. The van der Waals surface area contributed by atoms with Crippen molar-refractivity contribution in [2.45, 2.75) is 25.9 Å². The predicted molar refractivity (Wildman–Crippen MR) is 95.5 cm³/mol. The van der Waals surface area contributed by atoms with Gasteiger partial charge < -0.3 is 20.5 Å². The van der Waals surface area contributed by atoms with Gasteiger partial charge in [-0.15, -0.1) is 0 Å². The van der Waals surface area contributed by atoms with E-state index in [2.05, 4.69) is 10.6 Å². The van der Waals surface area contributed by atoms with E-state index in [-0.39, 0.29) is 12.6 Å². The zero-order valence-corrected chi connectivity index (χ0v) is 14.3. The van der Waals surface area contributed by atoms with E-state index in [0.29, 0.717) is 6.42 Å². The van der Waals surface area contributed by atoms with Gasteiger partial charge in [0.05, 0.1) is 12.7 Å². The Morgan fingerprint density at radius 3 is 2.54 bits per heavy atom. The average Bonchev–Trinajstić information content (AvgIpc) is 2.53. The molecule has 2 aromatic carbocycles. The van der Waals surface area contributed by atoms with Crippen LogP contribution in [0.4, 0.5) is 10.5 Å². The highest BCUT2D eigenvalue weighted by Gasteiger charge is 2.22. The molecule has 24 heavy (non-hydrogen) atoms. The second-order valence-corrected chi connectivity index (χ2v) is 6.20. The van der Waals surface area contributed by atoms with Gasteiger partial charge in [-0.2, -0.15) is 0 Å². The average molecular weight is 328 g/mol. The Kier molecular flexibility index (Phi) is 5.82. The molecule has 0 aliphatic rings. The van der Waals surface area contributed by atoms with Crippen molar-refractivity contribution in [2.24, 2.45) is 0 Å². The second kappa shape index (κ2) is 7.84. The molecule has 2 rings (SSSR count). The highest BCUT2D eigenvalue weighted by Crippen LogP contribution is 2.17. The molecular weight excluding hydrogens is 304 g/mol. The maximum Gasteiger partial charge on any atom is 0.319 e. The number of carbonyl (C=O) groups is 1. The Morgan fingerprint density at radius 1 is 1.21 bits per heavy atom. The van der Waals surface area contributed by atoms with Gasteiger partial charge in [0.25, 0.3) is 0 Å². The number of methoxy groups -OCH3 is 1. The predicted octanol–water partition coefficient (Wildman–Crippen LogP) is 3.12. The fourth-order valence-electron chi connectivity index (χ4n) is 2.41. The van der Waals surface area contributed by atoms with Crippen LogP contribution in [0.3, 0.4) is 0 Å². The van der Waals surface area contributed by atoms with E-state index in [1.165, 1.54) is 0 Å². The smallest absolute Gasteiger partial charge is 0.319 e. The van der Waals surface area contributed by atoms with Crippen molar-refractivity contribution < 1.29 is 14.6 Å². The summed E-state index contributed by atoms with van der Waals surface area (Å²) in [5.74, 6) is 0.772. The maximum absolute atomic E-state index is 12.0. The lowest BCUT2D eigenvalue weighted by atomic mass is 9.96. The van der Waals surface area contributed by atoms with Crippen LogP contribution in [-0.4, -0.2) is 30.4 Å². The van der Waals surface area contributed by atoms with Gasteiger partial charge in [0.2, 0.25) is 0 Å². The lowest BCUT2D eigenvalue weighted by molar-refractivity contribution is 0.0629. The summed E-state index contributed by atoms with van der Waals surface area (Å²) in [6.07, 6.45) is 0.432. The Hall–Kier alpha value is -2.53. The SMILES string of the molecule is COc1ccc(CC(C)(O)CNC(=O)Nc2cccc(C)c2)cc1. The van der Waals surface area contributed by atoms with Crippen molar-refractivity contribution in [3.63, 3.8) is 0 Å². The number of carbonyl (C=O) groups excluding carboxylic acids is 1. The van der Waals surface area contributed by atoms with Crippen LogP contribution in [0.2, 0.25) is 0 Å². The monoisotopic (exact) mass is 328 g/mol. The summed E-state index contributed by atoms with van der Waals surface area (Å²) >= 11 is 0. The van der Waals surface area contributed by atoms with Crippen molar-refractivity contribution in [3.05, 3.63) is 59.7 Å². The fourth-order valence-corrected chi connectivity index (χ4v) is 2.41. The van der Waals surface area contributed by atoms with Crippen molar-refractivity contribution in [1.29, 1.82) is 0 Å². The van der Waals surface area contributed by atoms with Crippen molar-refractivity contribution in [2.75, 3.05) is 19.0 Å². The van der Waals surface area contributed by atoms with Gasteiger partial charge in [0.15, 0.2) is 0 Å². The Bertz CT molecular complexity index is 681. The van der Waals surface area contributed by atoms with E-state index >= 15 is 0 Å². The largest absolute Gasteiger partial charge is 0.497 e. The Balaban J connectivity index is 1.85. The first-order valence-corrected chi connectivity index (χ1v) is 7.85. The quantitative estimate of drug-likeness (QED) is 0.763. The molecule has 2 amide bonds. The second-order valence-electron chi connectivity index (χ2n) is 6.20. The minimum absolute atomic E-state index is 0.149. The number of nitrogens with one attached hydrogen (secondary N) is 2. The number of aryl methyl sites for hydroxylation is 1. The highest BCUT2D eigenvalue weighted by molar-refractivity contribution is 5.89. The van der Waals surface area contributed by atoms with E-state index in [1.807, 2.05) is 55.5 Å². The Morgan fingerprint density at radius 2 is 1.92 bits per heavy atom. The maximum atomic E-state index is 12.0. The molecule has 0 aliphatic carbocycles. The summed E-state index contributed by atoms with van der Waals surface area (Å²) in [4.78, 5) is 12.0. The summed E-state index contributed by atoms with van der Waals surface area (Å²) in [7, 11) is 1.61. The van der Waals surface area contributed by atoms with Gasteiger partial charge in [0, 0.05) is 18.7 Å². The molecule has 0 aliphatic heterocycles. The molecule has 0 fully saturated rings. The summed E-state index contributed by atoms with van der Waals surface area (Å²) in [6, 6.07) is 14.7. The molecule has 0 bridgehead atoms. The Labute approximate surface area is 142 Å². The van der Waals surface area contributed by atoms with E-state index < -0.39 is 5.60 Å². The molecule has 3 N–H and O–H groups in total. The van der Waals surface area contributed by atoms with Crippen molar-refractivity contribution in [1.82, 2.24) is 5.32 Å². The molecule has 0 spiro atoms. The van der Waals surface area contributed by atoms with Crippen LogP contribution in [0.15, 0.2) is 48.5 Å². The molecule has 0 saturated heterocycles. The van der Waals surface area contributed by atoms with Crippen molar-refractivity contribution >= 4 is 11.7 Å². The molecule has 0 aromatic heterocycles. The van der Waals surface area contributed by atoms with Crippen LogP contribution in [0, 0.1) is 6.92 Å². The molecule has 1 unspecified atom stereocenters. The minimum atomic E-state index is -1.04. The molecule has 128 valence electrons. The molecule has 5 heteroatoms. The summed E-state index contributed by atoms with van der Waals surface area (Å²) < 4.78 is 5.12. The van der Waals surface area contributed by atoms with Gasteiger partial charge in [-0.1, -0.05) is 24.3 Å². The van der Waals surface area contributed by atoms with Gasteiger partial charge in [-0.05, 0) is 49.2 Å². The van der Waals surface area contributed by atoms with Gasteiger partial charge in [-0.3, -0.25) is 0 Å². The molecule has 1 atom stereocenters. The standard InChI is InChI=1S/C19H24N2O3/c1-14-5-4-6-16(11-14)21-18(22)20-13-19(2,23)12-15-7-9-17(24-3)10-8-15/h4-11,23H,12-13H2,1-3H3,(H2,20,21,22). The molecule has 0 heterocycles. The topological polar surface area (TPSA) is 70.6 Å². The summed E-state index contributed by atoms with van der Waals surface area (Å²) in [5.41, 5.74) is 1.72. The first kappa shape index (κ1) is 17.8. The van der Waals surface area contributed by atoms with Crippen LogP contribution in [-0.2, 0) is 6.42 Å². The van der Waals surface area contributed by atoms with Crippen LogP contribution in [0.25, 0.3) is 0 Å². The number of aliphatic hydroxyl groups is 1. The fraction of sp³-hybridized carbons (Fsp3) is 0.316. The zero-order valence-electron chi connectivity index (χ0n) is 14.3. The molecule has 0 radical (unpaired) electrons.